The zero-order valence-corrected chi connectivity index (χ0v) is 10.6. The molecule has 7 nitrogen and oxygen atoms in total. The van der Waals surface area contributed by atoms with Crippen molar-refractivity contribution in [2.45, 2.75) is 6.92 Å². The zero-order chi connectivity index (χ0) is 14.5. The van der Waals surface area contributed by atoms with Crippen LogP contribution in [0, 0.1) is 17.0 Å². The van der Waals surface area contributed by atoms with E-state index in [1.165, 1.54) is 30.5 Å². The molecule has 1 heterocycles. The summed E-state index contributed by atoms with van der Waals surface area (Å²) < 4.78 is 5.13. The minimum absolute atomic E-state index is 0.00255. The summed E-state index contributed by atoms with van der Waals surface area (Å²) >= 11 is 0. The van der Waals surface area contributed by atoms with E-state index >= 15 is 0 Å². The Balaban J connectivity index is 1.96. The maximum Gasteiger partial charge on any atom is 0.307 e. The Labute approximate surface area is 114 Å². The van der Waals surface area contributed by atoms with Crippen LogP contribution in [0.2, 0.25) is 0 Å². The summed E-state index contributed by atoms with van der Waals surface area (Å²) in [6, 6.07) is 9.01. The molecule has 0 unspecified atom stereocenters. The van der Waals surface area contributed by atoms with E-state index in [4.69, 9.17) is 4.42 Å². The minimum Gasteiger partial charge on any atom is -0.456 e. The topological polar surface area (TPSA) is 97.7 Å². The number of carbonyl (C=O) groups is 1. The van der Waals surface area contributed by atoms with Crippen molar-refractivity contribution in [2.75, 3.05) is 0 Å². The Hall–Kier alpha value is -2.96. The first-order valence-corrected chi connectivity index (χ1v) is 5.70. The van der Waals surface area contributed by atoms with Gasteiger partial charge >= 0.3 is 5.91 Å². The molecule has 0 saturated carbocycles. The molecule has 0 radical (unpaired) electrons. The van der Waals surface area contributed by atoms with Gasteiger partial charge in [0, 0.05) is 12.1 Å². The highest BCUT2D eigenvalue weighted by Crippen LogP contribution is 2.10. The van der Waals surface area contributed by atoms with Crippen LogP contribution in [-0.4, -0.2) is 17.0 Å². The van der Waals surface area contributed by atoms with Crippen LogP contribution in [0.25, 0.3) is 0 Å². The number of nitrogens with zero attached hydrogens (tertiary/aromatic N) is 2. The van der Waals surface area contributed by atoms with Crippen LogP contribution in [0.3, 0.4) is 0 Å². The molecule has 0 aliphatic rings. The second-order valence-electron chi connectivity index (χ2n) is 3.96. The van der Waals surface area contributed by atoms with Gasteiger partial charge in [-0.2, -0.15) is 5.10 Å². The number of hydrogen-bond acceptors (Lipinski definition) is 5. The first kappa shape index (κ1) is 13.5. The molecule has 102 valence electrons. The molecule has 0 aliphatic carbocycles. The Kier molecular flexibility index (Phi) is 3.90. The third-order valence-corrected chi connectivity index (χ3v) is 2.45. The number of nitro groups is 1. The van der Waals surface area contributed by atoms with Crippen molar-refractivity contribution in [1.82, 2.24) is 5.43 Å². The number of rotatable bonds is 4. The summed E-state index contributed by atoms with van der Waals surface area (Å²) in [6.45, 7) is 1.73. The van der Waals surface area contributed by atoms with E-state index in [1.807, 2.05) is 0 Å². The molecule has 7 heteroatoms. The summed E-state index contributed by atoms with van der Waals surface area (Å²) in [4.78, 5) is 21.6. The number of furan rings is 1. The van der Waals surface area contributed by atoms with E-state index in [-0.39, 0.29) is 11.4 Å². The van der Waals surface area contributed by atoms with Crippen LogP contribution < -0.4 is 5.43 Å². The number of nitro benzene ring substituents is 1. The Morgan fingerprint density at radius 1 is 1.30 bits per heavy atom. The van der Waals surface area contributed by atoms with E-state index in [9.17, 15) is 14.9 Å². The van der Waals surface area contributed by atoms with E-state index in [0.717, 1.165) is 0 Å². The number of amides is 1. The third kappa shape index (κ3) is 3.29. The molecule has 0 atom stereocenters. The predicted octanol–water partition coefficient (Wildman–Crippen LogP) is 2.26. The van der Waals surface area contributed by atoms with Crippen LogP contribution in [0.4, 0.5) is 5.69 Å². The van der Waals surface area contributed by atoms with Gasteiger partial charge in [-0.15, -0.1) is 0 Å². The van der Waals surface area contributed by atoms with Gasteiger partial charge in [0.25, 0.3) is 5.69 Å². The molecule has 0 aliphatic heterocycles. The van der Waals surface area contributed by atoms with Gasteiger partial charge in [-0.25, -0.2) is 5.43 Å². The maximum absolute atomic E-state index is 11.6. The maximum atomic E-state index is 11.6. The third-order valence-electron chi connectivity index (χ3n) is 2.45. The number of aryl methyl sites for hydroxylation is 1. The molecule has 2 aromatic rings. The van der Waals surface area contributed by atoms with E-state index in [0.29, 0.717) is 11.3 Å². The van der Waals surface area contributed by atoms with Gasteiger partial charge in [-0.1, -0.05) is 0 Å². The van der Waals surface area contributed by atoms with Gasteiger partial charge in [0.1, 0.15) is 5.76 Å². The quantitative estimate of drug-likeness (QED) is 0.524. The molecule has 1 aromatic heterocycles. The molecule has 1 N–H and O–H groups in total. The zero-order valence-electron chi connectivity index (χ0n) is 10.6. The highest BCUT2D eigenvalue weighted by atomic mass is 16.6. The van der Waals surface area contributed by atoms with Crippen LogP contribution in [0.1, 0.15) is 21.9 Å². The summed E-state index contributed by atoms with van der Waals surface area (Å²) in [7, 11) is 0. The average Bonchev–Trinajstić information content (AvgIpc) is 2.86. The van der Waals surface area contributed by atoms with Crippen molar-refractivity contribution in [3.8, 4) is 0 Å². The molecular weight excluding hydrogens is 262 g/mol. The predicted molar refractivity (Wildman–Crippen MR) is 71.6 cm³/mol. The van der Waals surface area contributed by atoms with Crippen molar-refractivity contribution in [3.63, 3.8) is 0 Å². The van der Waals surface area contributed by atoms with Crippen LogP contribution in [0.5, 0.6) is 0 Å². The van der Waals surface area contributed by atoms with Crippen molar-refractivity contribution in [1.29, 1.82) is 0 Å². The molecule has 0 spiro atoms. The van der Waals surface area contributed by atoms with E-state index in [2.05, 4.69) is 10.5 Å². The van der Waals surface area contributed by atoms with Crippen molar-refractivity contribution in [2.24, 2.45) is 5.10 Å². The Morgan fingerprint density at radius 2 is 2.00 bits per heavy atom. The molecule has 0 fully saturated rings. The summed E-state index contributed by atoms with van der Waals surface area (Å²) in [5.74, 6) is 0.342. The highest BCUT2D eigenvalue weighted by molar-refractivity contribution is 5.92. The average molecular weight is 273 g/mol. The van der Waals surface area contributed by atoms with Crippen molar-refractivity contribution in [3.05, 3.63) is 63.6 Å². The van der Waals surface area contributed by atoms with Gasteiger partial charge in [0.2, 0.25) is 0 Å². The summed E-state index contributed by atoms with van der Waals surface area (Å²) in [5, 5.41) is 14.2. The van der Waals surface area contributed by atoms with Gasteiger partial charge in [0.05, 0.1) is 11.1 Å². The van der Waals surface area contributed by atoms with Crippen molar-refractivity contribution >= 4 is 17.8 Å². The number of hydrogen-bond donors (Lipinski definition) is 1. The monoisotopic (exact) mass is 273 g/mol. The number of nitrogens with one attached hydrogen (secondary N) is 1. The van der Waals surface area contributed by atoms with Gasteiger partial charge in [0.15, 0.2) is 5.76 Å². The second kappa shape index (κ2) is 5.79. The Morgan fingerprint density at radius 3 is 2.55 bits per heavy atom. The van der Waals surface area contributed by atoms with Gasteiger partial charge in [-0.05, 0) is 36.8 Å². The number of carbonyl (C=O) groups excluding carboxylic acids is 1. The standard InChI is InChI=1S/C13H11N3O4/c1-9-2-7-12(20-9)13(17)15-14-8-10-3-5-11(6-4-10)16(18)19/h2-8H,1H3,(H,15,17)/b14-8-. The second-order valence-corrected chi connectivity index (χ2v) is 3.96. The van der Waals surface area contributed by atoms with Crippen molar-refractivity contribution < 1.29 is 14.1 Å². The lowest BCUT2D eigenvalue weighted by Gasteiger charge is -1.96. The molecule has 1 aromatic carbocycles. The number of hydrazone groups is 1. The van der Waals surface area contributed by atoms with E-state index in [1.54, 1.807) is 19.1 Å². The van der Waals surface area contributed by atoms with Crippen LogP contribution in [-0.2, 0) is 0 Å². The minimum atomic E-state index is -0.484. The highest BCUT2D eigenvalue weighted by Gasteiger charge is 2.08. The molecular formula is C13H11N3O4. The van der Waals surface area contributed by atoms with Gasteiger partial charge < -0.3 is 4.42 Å². The van der Waals surface area contributed by atoms with E-state index < -0.39 is 10.8 Å². The van der Waals surface area contributed by atoms with Crippen LogP contribution in [0.15, 0.2) is 45.9 Å². The summed E-state index contributed by atoms with van der Waals surface area (Å²) in [6.07, 6.45) is 1.39. The number of benzene rings is 1. The number of non-ortho nitro benzene ring substituents is 1. The lowest BCUT2D eigenvalue weighted by molar-refractivity contribution is -0.384. The fourth-order valence-electron chi connectivity index (χ4n) is 1.46. The first-order chi connectivity index (χ1) is 9.56. The fourth-order valence-corrected chi connectivity index (χ4v) is 1.46. The molecule has 1 amide bonds. The lowest BCUT2D eigenvalue weighted by Crippen LogP contribution is -2.16. The Bertz CT molecular complexity index is 659. The fraction of sp³-hybridized carbons (Fsp3) is 0.0769. The normalized spacial score (nSPS) is 10.7. The largest absolute Gasteiger partial charge is 0.456 e. The molecule has 0 bridgehead atoms. The smallest absolute Gasteiger partial charge is 0.307 e. The van der Waals surface area contributed by atoms with Gasteiger partial charge in [-0.3, -0.25) is 14.9 Å². The SMILES string of the molecule is Cc1ccc(C(=O)N/N=C\c2ccc([N+](=O)[O-])cc2)o1. The van der Waals surface area contributed by atoms with Crippen LogP contribution >= 0.6 is 0 Å². The summed E-state index contributed by atoms with van der Waals surface area (Å²) in [5.41, 5.74) is 2.93. The lowest BCUT2D eigenvalue weighted by atomic mass is 10.2. The molecule has 0 saturated heterocycles. The molecule has 20 heavy (non-hydrogen) atoms. The first-order valence-electron chi connectivity index (χ1n) is 5.70. The molecule has 2 rings (SSSR count).